The van der Waals surface area contributed by atoms with Crippen LogP contribution in [-0.2, 0) is 11.3 Å². The van der Waals surface area contributed by atoms with E-state index in [-0.39, 0.29) is 0 Å². The van der Waals surface area contributed by atoms with Crippen molar-refractivity contribution in [3.8, 4) is 0 Å². The van der Waals surface area contributed by atoms with Gasteiger partial charge in [0.25, 0.3) is 0 Å². The summed E-state index contributed by atoms with van der Waals surface area (Å²) in [4.78, 5) is 4.94. The van der Waals surface area contributed by atoms with E-state index in [0.717, 1.165) is 45.8 Å². The number of anilines is 1. The minimum atomic E-state index is 0.303. The molecule has 2 fully saturated rings. The number of hydrogen-bond donors (Lipinski definition) is 1. The second-order valence-corrected chi connectivity index (χ2v) is 6.40. The second kappa shape index (κ2) is 7.95. The van der Waals surface area contributed by atoms with Gasteiger partial charge in [-0.3, -0.25) is 4.90 Å². The molecule has 0 spiro atoms. The van der Waals surface area contributed by atoms with Crippen LogP contribution in [0.25, 0.3) is 0 Å². The summed E-state index contributed by atoms with van der Waals surface area (Å²) in [5.41, 5.74) is 2.68. The van der Waals surface area contributed by atoms with E-state index in [0.29, 0.717) is 12.6 Å². The maximum atomic E-state index is 9.24. The van der Waals surface area contributed by atoms with E-state index in [1.165, 1.54) is 30.5 Å². The Bertz CT molecular complexity index is 441. The zero-order chi connectivity index (χ0) is 15.2. The summed E-state index contributed by atoms with van der Waals surface area (Å²) in [5, 5.41) is 9.24. The SMILES string of the molecule is OCCC1CCCCN1Cc1ccc(N2CCOCC2)cc1. The molecular weight excluding hydrogens is 276 g/mol. The van der Waals surface area contributed by atoms with E-state index in [4.69, 9.17) is 4.74 Å². The largest absolute Gasteiger partial charge is 0.396 e. The smallest absolute Gasteiger partial charge is 0.0642 e. The van der Waals surface area contributed by atoms with Crippen molar-refractivity contribution in [1.82, 2.24) is 4.90 Å². The Morgan fingerprint density at radius 2 is 1.82 bits per heavy atom. The summed E-state index contributed by atoms with van der Waals surface area (Å²) in [6.45, 7) is 6.12. The Labute approximate surface area is 133 Å². The van der Waals surface area contributed by atoms with Crippen LogP contribution in [0.1, 0.15) is 31.2 Å². The average molecular weight is 304 g/mol. The molecule has 4 heteroatoms. The third-order valence-corrected chi connectivity index (χ3v) is 4.91. The Kier molecular flexibility index (Phi) is 5.70. The van der Waals surface area contributed by atoms with Crippen LogP contribution >= 0.6 is 0 Å². The predicted octanol–water partition coefficient (Wildman–Crippen LogP) is 2.26. The number of morpholine rings is 1. The highest BCUT2D eigenvalue weighted by Crippen LogP contribution is 2.23. The number of nitrogens with zero attached hydrogens (tertiary/aromatic N) is 2. The van der Waals surface area contributed by atoms with Gasteiger partial charge in [0, 0.05) is 38.0 Å². The average Bonchev–Trinajstić information content (AvgIpc) is 2.58. The number of aliphatic hydroxyl groups excluding tert-OH is 1. The molecule has 122 valence electrons. The minimum Gasteiger partial charge on any atom is -0.396 e. The number of piperidine rings is 1. The highest BCUT2D eigenvalue weighted by Gasteiger charge is 2.21. The number of ether oxygens (including phenoxy) is 1. The third-order valence-electron chi connectivity index (χ3n) is 4.91. The molecule has 0 amide bonds. The lowest BCUT2D eigenvalue weighted by Gasteiger charge is -2.35. The first-order valence-corrected chi connectivity index (χ1v) is 8.63. The lowest BCUT2D eigenvalue weighted by Crippen LogP contribution is -2.39. The lowest BCUT2D eigenvalue weighted by atomic mass is 9.99. The molecule has 2 aliphatic heterocycles. The van der Waals surface area contributed by atoms with Crippen LogP contribution in [0.4, 0.5) is 5.69 Å². The van der Waals surface area contributed by atoms with Gasteiger partial charge >= 0.3 is 0 Å². The Morgan fingerprint density at radius 3 is 2.55 bits per heavy atom. The minimum absolute atomic E-state index is 0.303. The van der Waals surface area contributed by atoms with Crippen LogP contribution in [-0.4, -0.2) is 55.5 Å². The third kappa shape index (κ3) is 4.00. The summed E-state index contributed by atoms with van der Waals surface area (Å²) in [6, 6.07) is 9.56. The molecule has 0 bridgehead atoms. The van der Waals surface area contributed by atoms with E-state index in [9.17, 15) is 5.11 Å². The zero-order valence-corrected chi connectivity index (χ0v) is 13.4. The highest BCUT2D eigenvalue weighted by atomic mass is 16.5. The molecule has 4 nitrogen and oxygen atoms in total. The van der Waals surface area contributed by atoms with Crippen molar-refractivity contribution in [3.05, 3.63) is 29.8 Å². The molecule has 1 atom stereocenters. The molecule has 0 radical (unpaired) electrons. The van der Waals surface area contributed by atoms with Gasteiger partial charge in [-0.05, 0) is 43.5 Å². The topological polar surface area (TPSA) is 35.9 Å². The molecule has 0 saturated carbocycles. The molecule has 2 aliphatic rings. The van der Waals surface area contributed by atoms with Gasteiger partial charge < -0.3 is 14.7 Å². The number of aliphatic hydroxyl groups is 1. The zero-order valence-electron chi connectivity index (χ0n) is 13.4. The number of rotatable bonds is 5. The van der Waals surface area contributed by atoms with Gasteiger partial charge in [-0.15, -0.1) is 0 Å². The van der Waals surface area contributed by atoms with Crippen molar-refractivity contribution in [1.29, 1.82) is 0 Å². The van der Waals surface area contributed by atoms with Crippen molar-refractivity contribution in [3.63, 3.8) is 0 Å². The fourth-order valence-electron chi connectivity index (χ4n) is 3.61. The van der Waals surface area contributed by atoms with E-state index >= 15 is 0 Å². The Hall–Kier alpha value is -1.10. The van der Waals surface area contributed by atoms with Crippen LogP contribution in [0.2, 0.25) is 0 Å². The van der Waals surface area contributed by atoms with E-state index in [1.54, 1.807) is 0 Å². The molecular formula is C18H28N2O2. The number of hydrogen-bond acceptors (Lipinski definition) is 4. The first kappa shape index (κ1) is 15.8. The molecule has 0 aliphatic carbocycles. The standard InChI is InChI=1S/C18H28N2O2/c21-12-8-17-3-1-2-9-20(17)15-16-4-6-18(7-5-16)19-10-13-22-14-11-19/h4-7,17,21H,1-3,8-15H2. The molecule has 1 aromatic rings. The van der Waals surface area contributed by atoms with Crippen molar-refractivity contribution in [2.45, 2.75) is 38.3 Å². The lowest BCUT2D eigenvalue weighted by molar-refractivity contribution is 0.112. The van der Waals surface area contributed by atoms with Crippen molar-refractivity contribution in [2.24, 2.45) is 0 Å². The summed E-state index contributed by atoms with van der Waals surface area (Å²) in [6.07, 6.45) is 4.73. The Balaban J connectivity index is 1.59. The van der Waals surface area contributed by atoms with Gasteiger partial charge in [-0.1, -0.05) is 18.6 Å². The molecule has 1 aromatic carbocycles. The first-order valence-electron chi connectivity index (χ1n) is 8.63. The predicted molar refractivity (Wildman–Crippen MR) is 89.2 cm³/mol. The van der Waals surface area contributed by atoms with Crippen molar-refractivity contribution >= 4 is 5.69 Å². The van der Waals surface area contributed by atoms with Gasteiger partial charge in [0.2, 0.25) is 0 Å². The van der Waals surface area contributed by atoms with Crippen LogP contribution < -0.4 is 4.90 Å². The number of likely N-dealkylation sites (tertiary alicyclic amines) is 1. The maximum Gasteiger partial charge on any atom is 0.0642 e. The van der Waals surface area contributed by atoms with Crippen molar-refractivity contribution < 1.29 is 9.84 Å². The molecule has 3 rings (SSSR count). The fourth-order valence-corrected chi connectivity index (χ4v) is 3.61. The molecule has 1 unspecified atom stereocenters. The van der Waals surface area contributed by atoms with Crippen molar-refractivity contribution in [2.75, 3.05) is 44.4 Å². The van der Waals surface area contributed by atoms with Gasteiger partial charge in [0.1, 0.15) is 0 Å². The van der Waals surface area contributed by atoms with E-state index in [1.807, 2.05) is 0 Å². The van der Waals surface area contributed by atoms with Gasteiger partial charge in [-0.2, -0.15) is 0 Å². The highest BCUT2D eigenvalue weighted by molar-refractivity contribution is 5.47. The quantitative estimate of drug-likeness (QED) is 0.905. The molecule has 22 heavy (non-hydrogen) atoms. The summed E-state index contributed by atoms with van der Waals surface area (Å²) < 4.78 is 5.41. The molecule has 2 heterocycles. The van der Waals surface area contributed by atoms with E-state index < -0.39 is 0 Å². The van der Waals surface area contributed by atoms with Gasteiger partial charge in [-0.25, -0.2) is 0 Å². The monoisotopic (exact) mass is 304 g/mol. The summed E-state index contributed by atoms with van der Waals surface area (Å²) in [7, 11) is 0. The van der Waals surface area contributed by atoms with Crippen LogP contribution in [0.5, 0.6) is 0 Å². The maximum absolute atomic E-state index is 9.24. The summed E-state index contributed by atoms with van der Waals surface area (Å²) in [5.74, 6) is 0. The van der Waals surface area contributed by atoms with Crippen LogP contribution in [0.3, 0.4) is 0 Å². The molecule has 1 N–H and O–H groups in total. The molecule has 2 saturated heterocycles. The fraction of sp³-hybridized carbons (Fsp3) is 0.667. The Morgan fingerprint density at radius 1 is 1.05 bits per heavy atom. The van der Waals surface area contributed by atoms with Crippen LogP contribution in [0.15, 0.2) is 24.3 Å². The second-order valence-electron chi connectivity index (χ2n) is 6.40. The summed E-state index contributed by atoms with van der Waals surface area (Å²) >= 11 is 0. The van der Waals surface area contributed by atoms with E-state index in [2.05, 4.69) is 34.1 Å². The van der Waals surface area contributed by atoms with Gasteiger partial charge in [0.05, 0.1) is 13.2 Å². The first-order chi connectivity index (χ1) is 10.9. The number of benzene rings is 1. The molecule has 0 aromatic heterocycles. The van der Waals surface area contributed by atoms with Crippen LogP contribution in [0, 0.1) is 0 Å². The van der Waals surface area contributed by atoms with Gasteiger partial charge in [0.15, 0.2) is 0 Å². The normalized spacial score (nSPS) is 23.7.